The Bertz CT molecular complexity index is 1640. The van der Waals surface area contributed by atoms with Gasteiger partial charge in [0.05, 0.1) is 22.5 Å². The number of nitrogens with zero attached hydrogens (tertiary/aromatic N) is 1. The van der Waals surface area contributed by atoms with Crippen LogP contribution >= 0.6 is 15.9 Å². The Kier molecular flexibility index (Phi) is 9.62. The highest BCUT2D eigenvalue weighted by molar-refractivity contribution is 9.10. The number of anilines is 2. The van der Waals surface area contributed by atoms with Gasteiger partial charge < -0.3 is 15.0 Å². The highest BCUT2D eigenvalue weighted by atomic mass is 79.9. The van der Waals surface area contributed by atoms with Crippen LogP contribution in [0.15, 0.2) is 53.0 Å². The third-order valence-corrected chi connectivity index (χ3v) is 7.37. The molecule has 18 heteroatoms. The van der Waals surface area contributed by atoms with E-state index in [1.165, 1.54) is 0 Å². The Morgan fingerprint density at radius 2 is 1.54 bits per heavy atom. The van der Waals surface area contributed by atoms with Crippen LogP contribution in [0.1, 0.15) is 39.1 Å². The molecule has 1 fully saturated rings. The first-order chi connectivity index (χ1) is 21.3. The van der Waals surface area contributed by atoms with Gasteiger partial charge in [0.1, 0.15) is 11.6 Å². The first kappa shape index (κ1) is 34.9. The molecule has 0 heterocycles. The van der Waals surface area contributed by atoms with Gasteiger partial charge in [-0.2, -0.15) is 35.1 Å². The molecule has 1 N–H and O–H groups in total. The first-order valence-corrected chi connectivity index (χ1v) is 13.5. The number of alkyl halides is 9. The number of amides is 2. The van der Waals surface area contributed by atoms with Crippen molar-refractivity contribution in [3.8, 4) is 5.75 Å². The highest BCUT2D eigenvalue weighted by Gasteiger charge is 2.73. The van der Waals surface area contributed by atoms with Crippen molar-refractivity contribution in [3.05, 3.63) is 87.1 Å². The fraction of sp³-hybridized carbons (Fsp3) is 0.286. The van der Waals surface area contributed by atoms with Crippen molar-refractivity contribution in [2.75, 3.05) is 16.8 Å². The summed E-state index contributed by atoms with van der Waals surface area (Å²) in [5.41, 5.74) is -11.5. The van der Waals surface area contributed by atoms with Gasteiger partial charge in [-0.3, -0.25) is 9.59 Å². The fourth-order valence-corrected chi connectivity index (χ4v) is 4.86. The average molecular weight is 737 g/mol. The van der Waals surface area contributed by atoms with Gasteiger partial charge in [0.15, 0.2) is 11.6 Å². The molecular weight excluding hydrogens is 720 g/mol. The molecule has 0 bridgehead atoms. The second kappa shape index (κ2) is 12.7. The summed E-state index contributed by atoms with van der Waals surface area (Å²) >= 11 is 2.51. The SMILES string of the molecule is O=C(Nc1c(Br)cc(C(F)(C(F)(F)F)C(F)(F)F)cc1OC(F)F)c1cccc(N(CC2CC2)C(=O)c2ccc(F)cc2F)c1F. The average Bonchev–Trinajstić information content (AvgIpc) is 3.75. The standard InChI is InChI=1S/C28H17BrF12N2O3/c29-17-8-13(26(35,27(36,37)38)28(39,40)41)9-20(46-25(33)34)22(17)42-23(44)16-2-1-3-19(21(16)32)43(11-12-4-5-12)24(45)15-7-6-14(30)10-18(15)31/h1-3,6-10,12,25H,4-5,11H2,(H,42,44). The summed E-state index contributed by atoms with van der Waals surface area (Å²) in [4.78, 5) is 27.1. The zero-order valence-electron chi connectivity index (χ0n) is 22.5. The summed E-state index contributed by atoms with van der Waals surface area (Å²) in [5.74, 6) is -8.06. The monoisotopic (exact) mass is 736 g/mol. The second-order valence-electron chi connectivity index (χ2n) is 9.94. The number of rotatable bonds is 9. The third kappa shape index (κ3) is 6.90. The Labute approximate surface area is 259 Å². The molecule has 1 aliphatic rings. The maximum Gasteiger partial charge on any atom is 0.435 e. The Hall–Kier alpha value is -3.96. The lowest BCUT2D eigenvalue weighted by atomic mass is 9.93. The molecule has 5 nitrogen and oxygen atoms in total. The number of carbonyl (C=O) groups excluding carboxylic acids is 2. The summed E-state index contributed by atoms with van der Waals surface area (Å²) in [7, 11) is 0. The van der Waals surface area contributed by atoms with E-state index in [2.05, 4.69) is 20.7 Å². The van der Waals surface area contributed by atoms with E-state index in [0.29, 0.717) is 18.9 Å². The fourth-order valence-electron chi connectivity index (χ4n) is 4.32. The van der Waals surface area contributed by atoms with Gasteiger partial charge in [-0.05, 0) is 71.1 Å². The van der Waals surface area contributed by atoms with Crippen LogP contribution in [-0.4, -0.2) is 37.3 Å². The molecule has 0 radical (unpaired) electrons. The highest BCUT2D eigenvalue weighted by Crippen LogP contribution is 2.55. The minimum absolute atomic E-state index is 0.0883. The number of hydrogen-bond donors (Lipinski definition) is 1. The molecule has 0 atom stereocenters. The molecule has 3 aromatic rings. The lowest BCUT2D eigenvalue weighted by Gasteiger charge is -2.31. The van der Waals surface area contributed by atoms with E-state index in [-0.39, 0.29) is 24.6 Å². The maximum absolute atomic E-state index is 15.8. The number of nitrogens with one attached hydrogen (secondary N) is 1. The van der Waals surface area contributed by atoms with E-state index >= 15 is 4.39 Å². The molecule has 1 aliphatic carbocycles. The quantitative estimate of drug-likeness (QED) is 0.223. The second-order valence-corrected chi connectivity index (χ2v) is 10.8. The molecule has 0 aromatic heterocycles. The molecule has 0 spiro atoms. The van der Waals surface area contributed by atoms with Crippen LogP contribution in [0.3, 0.4) is 0 Å². The number of benzene rings is 3. The van der Waals surface area contributed by atoms with Gasteiger partial charge in [0.25, 0.3) is 11.8 Å². The summed E-state index contributed by atoms with van der Waals surface area (Å²) in [6, 6.07) is 4.48. The van der Waals surface area contributed by atoms with Crippen LogP contribution in [0, 0.1) is 23.4 Å². The minimum atomic E-state index is -6.62. The molecule has 1 saturated carbocycles. The van der Waals surface area contributed by atoms with Crippen molar-refractivity contribution in [1.82, 2.24) is 0 Å². The van der Waals surface area contributed by atoms with Crippen molar-refractivity contribution < 1.29 is 67.0 Å². The van der Waals surface area contributed by atoms with Crippen LogP contribution in [-0.2, 0) is 5.67 Å². The smallest absolute Gasteiger partial charge is 0.433 e. The van der Waals surface area contributed by atoms with Crippen LogP contribution in [0.5, 0.6) is 5.75 Å². The van der Waals surface area contributed by atoms with Crippen molar-refractivity contribution in [2.24, 2.45) is 5.92 Å². The number of hydrogen-bond acceptors (Lipinski definition) is 3. The van der Waals surface area contributed by atoms with Gasteiger partial charge in [-0.15, -0.1) is 0 Å². The number of carbonyl (C=O) groups is 2. The van der Waals surface area contributed by atoms with Crippen molar-refractivity contribution in [2.45, 2.75) is 37.5 Å². The van der Waals surface area contributed by atoms with Crippen LogP contribution < -0.4 is 15.0 Å². The largest absolute Gasteiger partial charge is 0.435 e. The lowest BCUT2D eigenvalue weighted by molar-refractivity contribution is -0.348. The maximum atomic E-state index is 15.8. The Morgan fingerprint density at radius 3 is 2.09 bits per heavy atom. The predicted octanol–water partition coefficient (Wildman–Crippen LogP) is 9.07. The normalized spacial score (nSPS) is 14.0. The Balaban J connectivity index is 1.75. The lowest BCUT2D eigenvalue weighted by Crippen LogP contribution is -2.50. The van der Waals surface area contributed by atoms with Crippen LogP contribution in [0.25, 0.3) is 0 Å². The summed E-state index contributed by atoms with van der Waals surface area (Å²) in [5, 5.41) is 1.82. The third-order valence-electron chi connectivity index (χ3n) is 6.75. The molecular formula is C28H17BrF12N2O3. The van der Waals surface area contributed by atoms with Gasteiger partial charge in [0, 0.05) is 22.6 Å². The van der Waals surface area contributed by atoms with E-state index in [0.717, 1.165) is 35.2 Å². The summed E-state index contributed by atoms with van der Waals surface area (Å²) in [6.45, 7) is -4.07. The number of halogens is 13. The molecule has 4 rings (SSSR count). The van der Waals surface area contributed by atoms with Crippen molar-refractivity contribution >= 4 is 39.1 Å². The van der Waals surface area contributed by atoms with Crippen molar-refractivity contribution in [3.63, 3.8) is 0 Å². The van der Waals surface area contributed by atoms with Gasteiger partial charge in [-0.25, -0.2) is 17.6 Å². The topological polar surface area (TPSA) is 58.6 Å². The molecule has 0 unspecified atom stereocenters. The van der Waals surface area contributed by atoms with Crippen LogP contribution in [0.2, 0.25) is 0 Å². The van der Waals surface area contributed by atoms with E-state index in [4.69, 9.17) is 0 Å². The molecule has 248 valence electrons. The van der Waals surface area contributed by atoms with Gasteiger partial charge in [0.2, 0.25) is 0 Å². The predicted molar refractivity (Wildman–Crippen MR) is 141 cm³/mol. The Morgan fingerprint density at radius 1 is 0.913 bits per heavy atom. The summed E-state index contributed by atoms with van der Waals surface area (Å²) in [6.07, 6.45) is -12.0. The van der Waals surface area contributed by atoms with E-state index in [1.54, 1.807) is 0 Å². The summed E-state index contributed by atoms with van der Waals surface area (Å²) < 4.78 is 167. The molecule has 3 aromatic carbocycles. The molecule has 2 amide bonds. The number of ether oxygens (including phenoxy) is 1. The van der Waals surface area contributed by atoms with E-state index in [1.807, 2.05) is 5.32 Å². The minimum Gasteiger partial charge on any atom is -0.433 e. The molecule has 46 heavy (non-hydrogen) atoms. The van der Waals surface area contributed by atoms with Crippen molar-refractivity contribution in [1.29, 1.82) is 0 Å². The van der Waals surface area contributed by atoms with Gasteiger partial charge >= 0.3 is 24.6 Å². The zero-order chi connectivity index (χ0) is 34.4. The van der Waals surface area contributed by atoms with Crippen LogP contribution in [0.4, 0.5) is 64.1 Å². The van der Waals surface area contributed by atoms with E-state index < -0.39 is 92.2 Å². The zero-order valence-corrected chi connectivity index (χ0v) is 24.1. The van der Waals surface area contributed by atoms with E-state index in [9.17, 15) is 57.9 Å². The van der Waals surface area contributed by atoms with Gasteiger partial charge in [-0.1, -0.05) is 6.07 Å². The molecule has 0 saturated heterocycles. The first-order valence-electron chi connectivity index (χ1n) is 12.7. The molecule has 0 aliphatic heterocycles.